The van der Waals surface area contributed by atoms with Crippen LogP contribution in [0.15, 0.2) is 65.8 Å². The van der Waals surface area contributed by atoms with Crippen LogP contribution in [-0.4, -0.2) is 43.3 Å². The van der Waals surface area contributed by atoms with Crippen LogP contribution in [0.4, 0.5) is 5.69 Å². The van der Waals surface area contributed by atoms with E-state index in [1.165, 1.54) is 38.6 Å². The van der Waals surface area contributed by atoms with E-state index >= 15 is 0 Å². The van der Waals surface area contributed by atoms with Crippen molar-refractivity contribution in [3.63, 3.8) is 0 Å². The average Bonchev–Trinajstić information content (AvgIpc) is 2.83. The minimum absolute atomic E-state index is 0.0496. The molecule has 0 spiro atoms. The number of nitrogens with zero attached hydrogens (tertiary/aromatic N) is 1. The first-order valence-corrected chi connectivity index (χ1v) is 10.1. The topological polar surface area (TPSA) is 126 Å². The molecule has 0 heterocycles. The third kappa shape index (κ3) is 5.39. The number of aryl methyl sites for hydroxylation is 1. The Morgan fingerprint density at radius 2 is 1.62 bits per heavy atom. The number of carbonyl (C=O) groups excluding carboxylic acids is 2. The Kier molecular flexibility index (Phi) is 7.60. The van der Waals surface area contributed by atoms with Gasteiger partial charge in [-0.3, -0.25) is 9.59 Å². The van der Waals surface area contributed by atoms with Crippen molar-refractivity contribution in [2.24, 2.45) is 5.10 Å². The van der Waals surface area contributed by atoms with Gasteiger partial charge in [0.25, 0.3) is 11.8 Å². The summed E-state index contributed by atoms with van der Waals surface area (Å²) in [5, 5.41) is 16.2. The molecular formula is C25H23N3O6. The van der Waals surface area contributed by atoms with Crippen LogP contribution < -0.4 is 20.2 Å². The Morgan fingerprint density at radius 3 is 2.24 bits per heavy atom. The summed E-state index contributed by atoms with van der Waals surface area (Å²) in [5.41, 5.74) is 4.68. The van der Waals surface area contributed by atoms with E-state index in [0.29, 0.717) is 16.8 Å². The van der Waals surface area contributed by atoms with Crippen LogP contribution >= 0.6 is 0 Å². The normalized spacial score (nSPS) is 10.6. The summed E-state index contributed by atoms with van der Waals surface area (Å²) in [7, 11) is 2.73. The molecule has 34 heavy (non-hydrogen) atoms. The fourth-order valence-corrected chi connectivity index (χ4v) is 3.23. The molecule has 0 unspecified atom stereocenters. The molecule has 0 radical (unpaired) electrons. The Labute approximate surface area is 196 Å². The second-order valence-corrected chi connectivity index (χ2v) is 7.12. The number of hydrogen-bond acceptors (Lipinski definition) is 6. The van der Waals surface area contributed by atoms with Gasteiger partial charge >= 0.3 is 5.97 Å². The van der Waals surface area contributed by atoms with Gasteiger partial charge in [-0.15, -0.1) is 0 Å². The van der Waals surface area contributed by atoms with Crippen LogP contribution in [0, 0.1) is 6.92 Å². The van der Waals surface area contributed by atoms with Crippen LogP contribution in [0.1, 0.15) is 42.2 Å². The van der Waals surface area contributed by atoms with Crippen molar-refractivity contribution in [3.8, 4) is 11.5 Å². The maximum absolute atomic E-state index is 12.4. The average molecular weight is 461 g/mol. The number of ether oxygens (including phenoxy) is 2. The molecule has 2 amide bonds. The lowest BCUT2D eigenvalue weighted by molar-refractivity contribution is 0.0692. The molecule has 3 aromatic carbocycles. The van der Waals surface area contributed by atoms with Crippen molar-refractivity contribution >= 4 is 29.7 Å². The molecule has 0 aromatic heterocycles. The highest BCUT2D eigenvalue weighted by atomic mass is 16.5. The maximum atomic E-state index is 12.4. The van der Waals surface area contributed by atoms with Gasteiger partial charge in [0.05, 0.1) is 20.4 Å². The van der Waals surface area contributed by atoms with Crippen molar-refractivity contribution in [1.29, 1.82) is 0 Å². The summed E-state index contributed by atoms with van der Waals surface area (Å²) >= 11 is 0. The van der Waals surface area contributed by atoms with E-state index in [1.807, 2.05) is 19.1 Å². The van der Waals surface area contributed by atoms with E-state index in [4.69, 9.17) is 9.47 Å². The molecule has 0 aliphatic heterocycles. The number of hydrogen-bond donors (Lipinski definition) is 3. The fourth-order valence-electron chi connectivity index (χ4n) is 3.23. The monoisotopic (exact) mass is 461 g/mol. The van der Waals surface area contributed by atoms with E-state index in [1.54, 1.807) is 30.3 Å². The molecule has 0 fully saturated rings. The number of anilines is 1. The van der Waals surface area contributed by atoms with Crippen LogP contribution in [0.2, 0.25) is 0 Å². The number of rotatable bonds is 8. The highest BCUT2D eigenvalue weighted by Crippen LogP contribution is 2.32. The maximum Gasteiger partial charge on any atom is 0.340 e. The minimum atomic E-state index is -1.23. The highest BCUT2D eigenvalue weighted by Gasteiger charge is 2.20. The molecule has 3 rings (SSSR count). The van der Waals surface area contributed by atoms with Crippen molar-refractivity contribution in [3.05, 3.63) is 88.5 Å². The fraction of sp³-hybridized carbons (Fsp3) is 0.120. The third-order valence-electron chi connectivity index (χ3n) is 4.96. The van der Waals surface area contributed by atoms with Gasteiger partial charge in [-0.2, -0.15) is 5.10 Å². The van der Waals surface area contributed by atoms with Crippen LogP contribution in [0.25, 0.3) is 0 Å². The summed E-state index contributed by atoms with van der Waals surface area (Å²) in [6.07, 6.45) is 1.21. The molecule has 0 bridgehead atoms. The largest absolute Gasteiger partial charge is 0.493 e. The molecule has 0 atom stereocenters. The van der Waals surface area contributed by atoms with Gasteiger partial charge in [-0.05, 0) is 55.0 Å². The SMILES string of the molecule is COc1ccc(/C=N\NC(=O)c2ccc(NC(=O)c3ccccc3C)cc2)c(C(=O)O)c1OC. The van der Waals surface area contributed by atoms with E-state index in [9.17, 15) is 19.5 Å². The number of nitrogens with one attached hydrogen (secondary N) is 2. The molecule has 174 valence electrons. The molecular weight excluding hydrogens is 438 g/mol. The van der Waals surface area contributed by atoms with Gasteiger partial charge in [0.15, 0.2) is 11.5 Å². The quantitative estimate of drug-likeness (QED) is 0.347. The summed E-state index contributed by atoms with van der Waals surface area (Å²) < 4.78 is 10.3. The van der Waals surface area contributed by atoms with Crippen LogP contribution in [0.5, 0.6) is 11.5 Å². The first-order valence-electron chi connectivity index (χ1n) is 10.1. The van der Waals surface area contributed by atoms with Gasteiger partial charge < -0.3 is 19.9 Å². The summed E-state index contributed by atoms with van der Waals surface area (Å²) in [6.45, 7) is 1.85. The summed E-state index contributed by atoms with van der Waals surface area (Å²) in [5.74, 6) is -1.68. The van der Waals surface area contributed by atoms with Crippen molar-refractivity contribution in [2.75, 3.05) is 19.5 Å². The Balaban J connectivity index is 1.68. The molecule has 9 nitrogen and oxygen atoms in total. The highest BCUT2D eigenvalue weighted by molar-refractivity contribution is 6.05. The number of aromatic carboxylic acids is 1. The zero-order chi connectivity index (χ0) is 24.7. The Bertz CT molecular complexity index is 1250. The number of hydrazone groups is 1. The first-order chi connectivity index (χ1) is 16.3. The van der Waals surface area contributed by atoms with Crippen molar-refractivity contribution in [1.82, 2.24) is 5.43 Å². The lowest BCUT2D eigenvalue weighted by atomic mass is 10.1. The van der Waals surface area contributed by atoms with Gasteiger partial charge in [-0.1, -0.05) is 18.2 Å². The predicted molar refractivity (Wildman–Crippen MR) is 127 cm³/mol. The molecule has 3 N–H and O–H groups in total. The van der Waals surface area contributed by atoms with Gasteiger partial charge in [0, 0.05) is 22.4 Å². The molecule has 3 aromatic rings. The third-order valence-corrected chi connectivity index (χ3v) is 4.96. The van der Waals surface area contributed by atoms with E-state index < -0.39 is 11.9 Å². The molecule has 9 heteroatoms. The summed E-state index contributed by atoms with van der Waals surface area (Å²) in [4.78, 5) is 36.5. The van der Waals surface area contributed by atoms with Crippen LogP contribution in [-0.2, 0) is 0 Å². The van der Waals surface area contributed by atoms with E-state index in [0.717, 1.165) is 5.56 Å². The number of carbonyl (C=O) groups is 3. The molecule has 0 aliphatic carbocycles. The molecule has 0 aliphatic rings. The zero-order valence-electron chi connectivity index (χ0n) is 18.8. The smallest absolute Gasteiger partial charge is 0.340 e. The number of carboxylic acid groups (broad SMARTS) is 1. The van der Waals surface area contributed by atoms with Crippen molar-refractivity contribution < 1.29 is 29.0 Å². The number of methoxy groups -OCH3 is 2. The number of amides is 2. The van der Waals surface area contributed by atoms with Crippen LogP contribution in [0.3, 0.4) is 0 Å². The second-order valence-electron chi connectivity index (χ2n) is 7.12. The second kappa shape index (κ2) is 10.8. The van der Waals surface area contributed by atoms with E-state index in [2.05, 4.69) is 15.8 Å². The van der Waals surface area contributed by atoms with E-state index in [-0.39, 0.29) is 28.5 Å². The lowest BCUT2D eigenvalue weighted by Gasteiger charge is -2.12. The number of carboxylic acids is 1. The van der Waals surface area contributed by atoms with Gasteiger partial charge in [0.2, 0.25) is 0 Å². The van der Waals surface area contributed by atoms with Gasteiger partial charge in [-0.25, -0.2) is 10.2 Å². The summed E-state index contributed by atoms with van der Waals surface area (Å²) in [6, 6.07) is 16.5. The number of benzene rings is 3. The Morgan fingerprint density at radius 1 is 0.912 bits per heavy atom. The minimum Gasteiger partial charge on any atom is -0.493 e. The zero-order valence-corrected chi connectivity index (χ0v) is 18.8. The standard InChI is InChI=1S/C25H23N3O6/c1-15-6-4-5-7-19(15)24(30)27-18-11-8-16(9-12-18)23(29)28-26-14-17-10-13-20(33-2)22(34-3)21(17)25(31)32/h4-14H,1-3H3,(H,27,30)(H,28,29)(H,31,32)/b26-14-. The molecule has 0 saturated carbocycles. The van der Waals surface area contributed by atoms with Gasteiger partial charge in [0.1, 0.15) is 5.56 Å². The first kappa shape index (κ1) is 24.0. The lowest BCUT2D eigenvalue weighted by Crippen LogP contribution is -2.18. The van der Waals surface area contributed by atoms with Crippen molar-refractivity contribution in [2.45, 2.75) is 6.92 Å². The molecule has 0 saturated heterocycles. The Hall–Kier alpha value is -4.66. The predicted octanol–water partition coefficient (Wildman–Crippen LogP) is 3.73.